The number of furan rings is 1. The Morgan fingerprint density at radius 1 is 0.276 bits per heavy atom. The van der Waals surface area contributed by atoms with Crippen molar-refractivity contribution in [1.82, 2.24) is 13.7 Å². The smallest absolute Gasteiger partial charge is 0.137 e. The average molecular weight is 740 g/mol. The van der Waals surface area contributed by atoms with Crippen LogP contribution in [-0.4, -0.2) is 13.7 Å². The molecule has 0 aliphatic rings. The lowest BCUT2D eigenvalue weighted by Crippen LogP contribution is -2.00. The van der Waals surface area contributed by atoms with Crippen LogP contribution in [-0.2, 0) is 0 Å². The van der Waals surface area contributed by atoms with Gasteiger partial charge in [-0.25, -0.2) is 0 Å². The maximum atomic E-state index is 6.40. The fourth-order valence-corrected chi connectivity index (χ4v) is 9.76. The van der Waals surface area contributed by atoms with Gasteiger partial charge in [-0.2, -0.15) is 0 Å². The third kappa shape index (κ3) is 4.34. The van der Waals surface area contributed by atoms with Crippen LogP contribution in [0.1, 0.15) is 0 Å². The number of hydrogen-bond acceptors (Lipinski definition) is 1. The van der Waals surface area contributed by atoms with E-state index in [1.54, 1.807) is 0 Å². The predicted octanol–water partition coefficient (Wildman–Crippen LogP) is 14.5. The van der Waals surface area contributed by atoms with Gasteiger partial charge in [0, 0.05) is 54.8 Å². The molecule has 0 aliphatic heterocycles. The van der Waals surface area contributed by atoms with Gasteiger partial charge in [-0.15, -0.1) is 0 Å². The van der Waals surface area contributed by atoms with Crippen molar-refractivity contribution < 1.29 is 4.42 Å². The van der Waals surface area contributed by atoms with Gasteiger partial charge in [0.05, 0.1) is 38.5 Å². The Kier molecular flexibility index (Phi) is 6.41. The van der Waals surface area contributed by atoms with Crippen LogP contribution in [0.5, 0.6) is 0 Å². The topological polar surface area (TPSA) is 27.9 Å². The molecular formula is C54H33N3O. The first-order valence-electron chi connectivity index (χ1n) is 19.8. The highest BCUT2D eigenvalue weighted by Crippen LogP contribution is 2.42. The Bertz CT molecular complexity index is 3560. The molecule has 9 aromatic carbocycles. The molecule has 13 aromatic rings. The van der Waals surface area contributed by atoms with Gasteiger partial charge in [0.2, 0.25) is 0 Å². The highest BCUT2D eigenvalue weighted by molar-refractivity contribution is 6.24. The van der Waals surface area contributed by atoms with Gasteiger partial charge in [0.25, 0.3) is 0 Å². The molecule has 0 spiro atoms. The highest BCUT2D eigenvalue weighted by Gasteiger charge is 2.20. The van der Waals surface area contributed by atoms with E-state index in [2.05, 4.69) is 208 Å². The van der Waals surface area contributed by atoms with Crippen molar-refractivity contribution in [3.63, 3.8) is 0 Å². The maximum Gasteiger partial charge on any atom is 0.137 e. The van der Waals surface area contributed by atoms with Crippen molar-refractivity contribution in [1.29, 1.82) is 0 Å². The van der Waals surface area contributed by atoms with E-state index in [9.17, 15) is 0 Å². The summed E-state index contributed by atoms with van der Waals surface area (Å²) in [5.41, 5.74) is 14.5. The average Bonchev–Trinajstić information content (AvgIpc) is 4.03. The quantitative estimate of drug-likeness (QED) is 0.177. The zero-order valence-corrected chi connectivity index (χ0v) is 31.3. The molecule has 0 amide bonds. The first kappa shape index (κ1) is 31.4. The van der Waals surface area contributed by atoms with Crippen LogP contribution >= 0.6 is 0 Å². The normalized spacial score (nSPS) is 12.1. The summed E-state index contributed by atoms with van der Waals surface area (Å²) < 4.78 is 13.7. The van der Waals surface area contributed by atoms with E-state index in [1.165, 1.54) is 65.4 Å². The summed E-state index contributed by atoms with van der Waals surface area (Å²) in [6.07, 6.45) is 0. The van der Waals surface area contributed by atoms with E-state index in [-0.39, 0.29) is 0 Å². The lowest BCUT2D eigenvalue weighted by Gasteiger charge is -2.16. The molecule has 0 saturated heterocycles. The Morgan fingerprint density at radius 3 is 1.22 bits per heavy atom. The van der Waals surface area contributed by atoms with Crippen LogP contribution in [0.15, 0.2) is 205 Å². The first-order valence-corrected chi connectivity index (χ1v) is 19.8. The van der Waals surface area contributed by atoms with E-state index in [4.69, 9.17) is 4.42 Å². The molecule has 4 heterocycles. The van der Waals surface area contributed by atoms with Crippen molar-refractivity contribution in [2.75, 3.05) is 0 Å². The summed E-state index contributed by atoms with van der Waals surface area (Å²) in [6.45, 7) is 0. The summed E-state index contributed by atoms with van der Waals surface area (Å²) in [5.74, 6) is 0. The molecule has 0 radical (unpaired) electrons. The molecule has 0 unspecified atom stereocenters. The lowest BCUT2D eigenvalue weighted by atomic mass is 10.0. The van der Waals surface area contributed by atoms with E-state index in [1.807, 2.05) is 6.07 Å². The lowest BCUT2D eigenvalue weighted by molar-refractivity contribution is 0.669. The summed E-state index contributed by atoms with van der Waals surface area (Å²) in [6, 6.07) is 72.6. The second-order valence-corrected chi connectivity index (χ2v) is 15.3. The van der Waals surface area contributed by atoms with Gasteiger partial charge in [0.1, 0.15) is 11.2 Å². The Hall–Kier alpha value is -7.82. The van der Waals surface area contributed by atoms with E-state index in [0.717, 1.165) is 50.1 Å². The van der Waals surface area contributed by atoms with Gasteiger partial charge >= 0.3 is 0 Å². The monoisotopic (exact) mass is 739 g/mol. The van der Waals surface area contributed by atoms with Crippen LogP contribution in [0.25, 0.3) is 116 Å². The molecule has 58 heavy (non-hydrogen) atoms. The van der Waals surface area contributed by atoms with Crippen molar-refractivity contribution >= 4 is 87.4 Å². The summed E-state index contributed by atoms with van der Waals surface area (Å²) in [4.78, 5) is 0. The van der Waals surface area contributed by atoms with Gasteiger partial charge in [-0.3, -0.25) is 0 Å². The Balaban J connectivity index is 1.07. The number of hydrogen-bond donors (Lipinski definition) is 0. The molecule has 0 bridgehead atoms. The summed E-state index contributed by atoms with van der Waals surface area (Å²) >= 11 is 0. The molecule has 0 N–H and O–H groups in total. The van der Waals surface area contributed by atoms with Crippen molar-refractivity contribution in [3.05, 3.63) is 200 Å². The molecular weight excluding hydrogens is 707 g/mol. The zero-order valence-electron chi connectivity index (χ0n) is 31.3. The van der Waals surface area contributed by atoms with Crippen LogP contribution in [0.3, 0.4) is 0 Å². The molecule has 13 rings (SSSR count). The molecule has 0 atom stereocenters. The Morgan fingerprint density at radius 2 is 0.707 bits per heavy atom. The highest BCUT2D eigenvalue weighted by atomic mass is 16.3. The number of aromatic nitrogens is 3. The molecule has 270 valence electrons. The molecule has 0 fully saturated rings. The Labute approximate surface area is 332 Å². The van der Waals surface area contributed by atoms with Gasteiger partial charge < -0.3 is 18.1 Å². The number of nitrogens with zero attached hydrogens (tertiary/aromatic N) is 3. The van der Waals surface area contributed by atoms with Gasteiger partial charge in [-0.05, 0) is 90.0 Å². The second kappa shape index (κ2) is 11.8. The summed E-state index contributed by atoms with van der Waals surface area (Å²) in [5, 5.41) is 9.70. The third-order valence-electron chi connectivity index (χ3n) is 12.2. The second-order valence-electron chi connectivity index (χ2n) is 15.3. The van der Waals surface area contributed by atoms with Crippen molar-refractivity contribution in [2.45, 2.75) is 0 Å². The minimum Gasteiger partial charge on any atom is -0.456 e. The minimum absolute atomic E-state index is 0.897. The summed E-state index contributed by atoms with van der Waals surface area (Å²) in [7, 11) is 0. The van der Waals surface area contributed by atoms with Crippen LogP contribution < -0.4 is 0 Å². The SMILES string of the molecule is c1ccc2c(c1)oc1ccc3c4ccccc4n(-c4ccc(-c5cc(-n6c7ccccc7c7ccccc76)cc(-n6c7ccccc7c7ccccc76)c5)cc4)c3c12. The maximum absolute atomic E-state index is 6.40. The fraction of sp³-hybridized carbons (Fsp3) is 0. The van der Waals surface area contributed by atoms with Gasteiger partial charge in [-0.1, -0.05) is 121 Å². The molecule has 0 aliphatic carbocycles. The largest absolute Gasteiger partial charge is 0.456 e. The predicted molar refractivity (Wildman–Crippen MR) is 242 cm³/mol. The number of fused-ring (bicyclic) bond motifs is 13. The van der Waals surface area contributed by atoms with E-state index < -0.39 is 0 Å². The first-order chi connectivity index (χ1) is 28.8. The zero-order chi connectivity index (χ0) is 37.9. The number of benzene rings is 9. The molecule has 4 nitrogen and oxygen atoms in total. The van der Waals surface area contributed by atoms with Crippen LogP contribution in [0.2, 0.25) is 0 Å². The fourth-order valence-electron chi connectivity index (χ4n) is 9.76. The molecule has 4 heteroatoms. The standard InChI is InChI=1S/C54H33N3O/c1-7-19-46-39(13-1)40-14-2-8-20-47(40)55(46)37-31-35(32-38(33-37)56-48-21-9-3-15-41(48)42-16-4-10-22-49(42)56)34-25-27-36(28-26-34)57-50-23-11-5-17-43(50)44-29-30-52-53(54(44)57)45-18-6-12-24-51(45)58-52/h1-33H. The molecule has 0 saturated carbocycles. The molecule has 4 aromatic heterocycles. The van der Waals surface area contributed by atoms with Gasteiger partial charge in [0.15, 0.2) is 0 Å². The number of rotatable bonds is 4. The number of para-hydroxylation sites is 6. The third-order valence-corrected chi connectivity index (χ3v) is 12.2. The van der Waals surface area contributed by atoms with Crippen LogP contribution in [0.4, 0.5) is 0 Å². The van der Waals surface area contributed by atoms with E-state index in [0.29, 0.717) is 0 Å². The van der Waals surface area contributed by atoms with Crippen molar-refractivity contribution in [3.8, 4) is 28.2 Å². The minimum atomic E-state index is 0.897. The van der Waals surface area contributed by atoms with Crippen LogP contribution in [0, 0.1) is 0 Å². The van der Waals surface area contributed by atoms with Crippen molar-refractivity contribution in [2.24, 2.45) is 0 Å². The van der Waals surface area contributed by atoms with E-state index >= 15 is 0 Å².